The Kier molecular flexibility index (Phi) is 6.85. The quantitative estimate of drug-likeness (QED) is 0.188. The number of aryl methyl sites for hydroxylation is 1. The van der Waals surface area contributed by atoms with Gasteiger partial charge in [0.1, 0.15) is 11.9 Å². The number of nitrogens with one attached hydrogen (secondary N) is 1. The Bertz CT molecular complexity index is 1700. The van der Waals surface area contributed by atoms with Crippen molar-refractivity contribution < 1.29 is 24.2 Å². The van der Waals surface area contributed by atoms with Crippen LogP contribution in [0.25, 0.3) is 29.6 Å². The first-order chi connectivity index (χ1) is 19.3. The number of carboxylic acid groups (broad SMARTS) is 1. The van der Waals surface area contributed by atoms with E-state index < -0.39 is 17.5 Å². The Morgan fingerprint density at radius 2 is 1.73 bits per heavy atom. The summed E-state index contributed by atoms with van der Waals surface area (Å²) in [4.78, 5) is 27.5. The lowest BCUT2D eigenvalue weighted by atomic mass is 9.94. The molecule has 0 saturated heterocycles. The van der Waals surface area contributed by atoms with E-state index in [9.17, 15) is 14.7 Å². The van der Waals surface area contributed by atoms with Gasteiger partial charge in [-0.2, -0.15) is 4.37 Å². The fraction of sp³-hybridized carbons (Fsp3) is 0.233. The lowest BCUT2D eigenvalue weighted by molar-refractivity contribution is -0.140. The zero-order chi connectivity index (χ0) is 28.0. The van der Waals surface area contributed by atoms with Crippen molar-refractivity contribution in [3.8, 4) is 25.9 Å². The van der Waals surface area contributed by atoms with E-state index in [-0.39, 0.29) is 6.10 Å². The summed E-state index contributed by atoms with van der Waals surface area (Å²) in [5, 5.41) is 12.6. The summed E-state index contributed by atoms with van der Waals surface area (Å²) in [5.41, 5.74) is 3.27. The number of anilines is 1. The topological polar surface area (TPSA) is 97.8 Å². The molecule has 10 heteroatoms. The van der Waals surface area contributed by atoms with Crippen LogP contribution in [0.1, 0.15) is 42.7 Å². The largest absolute Gasteiger partial charge is 0.496 e. The number of ether oxygens (including phenoxy) is 2. The second-order valence-corrected chi connectivity index (χ2v) is 12.7. The van der Waals surface area contributed by atoms with Gasteiger partial charge in [0, 0.05) is 19.8 Å². The molecule has 3 heterocycles. The molecular formula is C30H26N2O5S3. The minimum Gasteiger partial charge on any atom is -0.496 e. The van der Waals surface area contributed by atoms with Crippen molar-refractivity contribution in [2.24, 2.45) is 0 Å². The molecule has 2 aromatic carbocycles. The number of fused-ring (bicyclic) bond motifs is 1. The molecule has 0 bridgehead atoms. The summed E-state index contributed by atoms with van der Waals surface area (Å²) in [6.07, 6.45) is 0.403. The molecule has 40 heavy (non-hydrogen) atoms. The smallest absolute Gasteiger partial charge is 0.412 e. The van der Waals surface area contributed by atoms with Crippen LogP contribution in [0.3, 0.4) is 0 Å². The monoisotopic (exact) mass is 590 g/mol. The van der Waals surface area contributed by atoms with Crippen molar-refractivity contribution >= 4 is 61.4 Å². The minimum atomic E-state index is -0.780. The highest BCUT2D eigenvalue weighted by Crippen LogP contribution is 2.51. The maximum atomic E-state index is 12.7. The zero-order valence-electron chi connectivity index (χ0n) is 22.0. The second kappa shape index (κ2) is 10.3. The van der Waals surface area contributed by atoms with Crippen LogP contribution in [0, 0.1) is 6.92 Å². The predicted octanol–water partition coefficient (Wildman–Crippen LogP) is 8.50. The van der Waals surface area contributed by atoms with E-state index in [1.807, 2.05) is 62.4 Å². The van der Waals surface area contributed by atoms with E-state index in [1.165, 1.54) is 11.5 Å². The average molecular weight is 591 g/mol. The number of benzene rings is 2. The van der Waals surface area contributed by atoms with Gasteiger partial charge in [0.15, 0.2) is 0 Å². The van der Waals surface area contributed by atoms with Crippen LogP contribution in [0.2, 0.25) is 0 Å². The number of amides is 1. The van der Waals surface area contributed by atoms with E-state index in [0.29, 0.717) is 24.3 Å². The molecule has 0 spiro atoms. The van der Waals surface area contributed by atoms with Gasteiger partial charge < -0.3 is 14.6 Å². The van der Waals surface area contributed by atoms with Crippen molar-refractivity contribution in [2.75, 3.05) is 12.4 Å². The Balaban J connectivity index is 1.24. The van der Waals surface area contributed by atoms with E-state index >= 15 is 0 Å². The molecule has 7 nitrogen and oxygen atoms in total. The van der Waals surface area contributed by atoms with Gasteiger partial charge in [0.2, 0.25) is 0 Å². The van der Waals surface area contributed by atoms with Crippen LogP contribution < -0.4 is 10.1 Å². The van der Waals surface area contributed by atoms with Crippen molar-refractivity contribution in [3.63, 3.8) is 0 Å². The average Bonchev–Trinajstić information content (AvgIpc) is 3.38. The summed E-state index contributed by atoms with van der Waals surface area (Å²) in [6, 6.07) is 19.6. The van der Waals surface area contributed by atoms with E-state index in [2.05, 4.69) is 21.8 Å². The standard InChI is InChI=1S/C30H26N2O5S3/c1-16-26(31-29(35)37-17(2)18-7-5-4-6-8-18)27(40-32-16)25-15-24-23(39-25)14-22(38-24)20-10-9-19(13-21(20)36-3)30(11-12-30)28(33)34/h4-10,13-15,17H,11-12H2,1-3H3,(H,31,35)(H,33,34)/t17-/m1/s1. The number of thiophene rings is 2. The Morgan fingerprint density at radius 1 is 1.02 bits per heavy atom. The summed E-state index contributed by atoms with van der Waals surface area (Å²) in [7, 11) is 1.61. The van der Waals surface area contributed by atoms with Gasteiger partial charge in [0.25, 0.3) is 0 Å². The van der Waals surface area contributed by atoms with Crippen molar-refractivity contribution in [3.05, 3.63) is 77.5 Å². The SMILES string of the molecule is COc1cc(C2(C(=O)O)CC2)ccc1-c1cc2sc(-c3snc(C)c3NC(=O)O[C@H](C)c3ccccc3)cc2s1. The number of aromatic nitrogens is 1. The molecule has 2 N–H and O–H groups in total. The molecule has 0 radical (unpaired) electrons. The number of hydrogen-bond acceptors (Lipinski definition) is 8. The molecule has 1 saturated carbocycles. The van der Waals surface area contributed by atoms with Crippen LogP contribution in [-0.4, -0.2) is 28.7 Å². The van der Waals surface area contributed by atoms with Gasteiger partial charge in [-0.15, -0.1) is 22.7 Å². The van der Waals surface area contributed by atoms with Crippen LogP contribution in [0.4, 0.5) is 10.5 Å². The molecule has 1 aliphatic carbocycles. The molecular weight excluding hydrogens is 565 g/mol. The Labute approximate surface area is 243 Å². The number of hydrogen-bond donors (Lipinski definition) is 2. The van der Waals surface area contributed by atoms with Gasteiger partial charge >= 0.3 is 12.1 Å². The predicted molar refractivity (Wildman–Crippen MR) is 161 cm³/mol. The highest BCUT2D eigenvalue weighted by Gasteiger charge is 2.52. The van der Waals surface area contributed by atoms with Gasteiger partial charge in [-0.1, -0.05) is 36.4 Å². The van der Waals surface area contributed by atoms with Gasteiger partial charge in [0.05, 0.1) is 33.7 Å². The summed E-state index contributed by atoms with van der Waals surface area (Å²) < 4.78 is 18.0. The zero-order valence-corrected chi connectivity index (χ0v) is 24.5. The first kappa shape index (κ1) is 26.5. The van der Waals surface area contributed by atoms with Crippen LogP contribution >= 0.6 is 34.2 Å². The van der Waals surface area contributed by atoms with Crippen molar-refractivity contribution in [1.82, 2.24) is 4.37 Å². The normalized spacial score (nSPS) is 14.6. The lowest BCUT2D eigenvalue weighted by Crippen LogP contribution is -2.19. The second-order valence-electron chi connectivity index (χ2n) is 9.81. The fourth-order valence-corrected chi connectivity index (χ4v) is 8.16. The molecule has 1 aliphatic rings. The van der Waals surface area contributed by atoms with Crippen LogP contribution in [-0.2, 0) is 14.9 Å². The number of methoxy groups -OCH3 is 1. The first-order valence-electron chi connectivity index (χ1n) is 12.7. The number of carboxylic acids is 1. The molecule has 0 unspecified atom stereocenters. The van der Waals surface area contributed by atoms with Crippen molar-refractivity contribution in [2.45, 2.75) is 38.2 Å². The summed E-state index contributed by atoms with van der Waals surface area (Å²) in [5.74, 6) is -0.107. The molecule has 5 aromatic rings. The van der Waals surface area contributed by atoms with E-state index in [1.54, 1.807) is 29.8 Å². The number of carbonyl (C=O) groups is 2. The first-order valence-corrected chi connectivity index (χ1v) is 15.1. The number of rotatable bonds is 8. The third kappa shape index (κ3) is 4.76. The third-order valence-electron chi connectivity index (χ3n) is 7.25. The van der Waals surface area contributed by atoms with Crippen LogP contribution in [0.15, 0.2) is 60.7 Å². The van der Waals surface area contributed by atoms with Gasteiger partial charge in [-0.05, 0) is 73.6 Å². The molecule has 1 amide bonds. The minimum absolute atomic E-state index is 0.382. The Morgan fingerprint density at radius 3 is 2.40 bits per heavy atom. The molecule has 1 atom stereocenters. The van der Waals surface area contributed by atoms with Gasteiger partial charge in [-0.25, -0.2) is 4.79 Å². The lowest BCUT2D eigenvalue weighted by Gasteiger charge is -2.14. The maximum Gasteiger partial charge on any atom is 0.412 e. The third-order valence-corrected chi connectivity index (χ3v) is 10.7. The molecule has 1 fully saturated rings. The van der Waals surface area contributed by atoms with E-state index in [0.717, 1.165) is 46.4 Å². The number of aliphatic carboxylic acids is 1. The maximum absolute atomic E-state index is 12.7. The molecule has 0 aliphatic heterocycles. The summed E-state index contributed by atoms with van der Waals surface area (Å²) >= 11 is 4.64. The highest BCUT2D eigenvalue weighted by atomic mass is 32.1. The highest BCUT2D eigenvalue weighted by molar-refractivity contribution is 7.32. The van der Waals surface area contributed by atoms with Crippen molar-refractivity contribution in [1.29, 1.82) is 0 Å². The fourth-order valence-electron chi connectivity index (χ4n) is 4.79. The molecule has 204 valence electrons. The summed E-state index contributed by atoms with van der Waals surface area (Å²) in [6.45, 7) is 3.72. The molecule has 6 rings (SSSR count). The Hall–Kier alpha value is -3.73. The van der Waals surface area contributed by atoms with Gasteiger partial charge in [-0.3, -0.25) is 10.1 Å². The van der Waals surface area contributed by atoms with Crippen LogP contribution in [0.5, 0.6) is 5.75 Å². The van der Waals surface area contributed by atoms with E-state index in [4.69, 9.17) is 9.47 Å². The molecule has 3 aromatic heterocycles. The number of carbonyl (C=O) groups excluding carboxylic acids is 1. The number of nitrogens with zero attached hydrogens (tertiary/aromatic N) is 1.